The van der Waals surface area contributed by atoms with Gasteiger partial charge in [0.25, 0.3) is 0 Å². The summed E-state index contributed by atoms with van der Waals surface area (Å²) in [5, 5.41) is 16.3. The second-order valence-corrected chi connectivity index (χ2v) is 5.94. The first-order valence-corrected chi connectivity index (χ1v) is 7.60. The Morgan fingerprint density at radius 1 is 1.24 bits per heavy atom. The van der Waals surface area contributed by atoms with Crippen LogP contribution in [0.25, 0.3) is 0 Å². The molecule has 0 aliphatic carbocycles. The minimum atomic E-state index is -4.70. The van der Waals surface area contributed by atoms with Crippen molar-refractivity contribution >= 4 is 0 Å². The first kappa shape index (κ1) is 17.7. The number of aliphatic hydroxyl groups excluding tert-OH is 1. The van der Waals surface area contributed by atoms with Crippen LogP contribution in [-0.2, 0) is 24.3 Å². The number of alkyl halides is 3. The number of benzene rings is 1. The second kappa shape index (κ2) is 7.03. The molecule has 1 aliphatic heterocycles. The van der Waals surface area contributed by atoms with E-state index < -0.39 is 6.36 Å². The van der Waals surface area contributed by atoms with E-state index in [-0.39, 0.29) is 17.9 Å². The molecule has 0 spiro atoms. The topological polar surface area (TPSA) is 76.8 Å². The van der Waals surface area contributed by atoms with E-state index in [1.807, 2.05) is 0 Å². The van der Waals surface area contributed by atoms with Crippen LogP contribution in [0.5, 0.6) is 5.75 Å². The van der Waals surface area contributed by atoms with Crippen LogP contribution in [0.2, 0.25) is 0 Å². The number of rotatable bonds is 7. The molecule has 1 fully saturated rings. The molecule has 2 aromatic rings. The van der Waals surface area contributed by atoms with E-state index in [0.29, 0.717) is 37.6 Å². The van der Waals surface area contributed by atoms with E-state index in [1.54, 1.807) is 18.2 Å². The number of ether oxygens (including phenoxy) is 2. The lowest BCUT2D eigenvalue weighted by Crippen LogP contribution is -2.61. The van der Waals surface area contributed by atoms with Gasteiger partial charge in [-0.15, -0.1) is 13.2 Å². The van der Waals surface area contributed by atoms with Crippen LogP contribution >= 0.6 is 0 Å². The molecule has 0 unspecified atom stereocenters. The van der Waals surface area contributed by atoms with Crippen LogP contribution < -0.4 is 10.1 Å². The number of hydrogen-bond donors (Lipinski definition) is 2. The van der Waals surface area contributed by atoms with Gasteiger partial charge in [-0.2, -0.15) is 0 Å². The largest absolute Gasteiger partial charge is 0.573 e. The summed E-state index contributed by atoms with van der Waals surface area (Å²) >= 11 is 0. The van der Waals surface area contributed by atoms with Crippen molar-refractivity contribution in [3.05, 3.63) is 47.3 Å². The van der Waals surface area contributed by atoms with E-state index >= 15 is 0 Å². The van der Waals surface area contributed by atoms with Crippen LogP contribution in [-0.4, -0.2) is 35.4 Å². The van der Waals surface area contributed by atoms with Crippen LogP contribution in [0.15, 0.2) is 34.9 Å². The summed E-state index contributed by atoms with van der Waals surface area (Å²) in [5.41, 5.74) is 1.20. The summed E-state index contributed by atoms with van der Waals surface area (Å²) < 4.78 is 50.6. The van der Waals surface area contributed by atoms with Crippen molar-refractivity contribution in [3.8, 4) is 5.75 Å². The summed E-state index contributed by atoms with van der Waals surface area (Å²) in [6, 6.07) is 7.38. The Kier molecular flexibility index (Phi) is 4.98. The van der Waals surface area contributed by atoms with Gasteiger partial charge in [-0.25, -0.2) is 0 Å². The van der Waals surface area contributed by atoms with E-state index in [0.717, 1.165) is 5.56 Å². The first-order chi connectivity index (χ1) is 11.9. The van der Waals surface area contributed by atoms with Gasteiger partial charge in [-0.1, -0.05) is 17.3 Å². The molecule has 6 nitrogen and oxygen atoms in total. The first-order valence-electron chi connectivity index (χ1n) is 7.60. The molecule has 1 aliphatic rings. The number of hydrogen-bond acceptors (Lipinski definition) is 6. The molecule has 2 heterocycles. The van der Waals surface area contributed by atoms with Gasteiger partial charge in [0.05, 0.1) is 24.4 Å². The quantitative estimate of drug-likeness (QED) is 0.790. The van der Waals surface area contributed by atoms with Crippen LogP contribution in [0, 0.1) is 0 Å². The summed E-state index contributed by atoms with van der Waals surface area (Å²) in [5.74, 6) is 0.141. The molecule has 0 radical (unpaired) electrons. The molecule has 0 atom stereocenters. The predicted octanol–water partition coefficient (Wildman–Crippen LogP) is 2.17. The van der Waals surface area contributed by atoms with Crippen molar-refractivity contribution in [1.82, 2.24) is 10.5 Å². The Morgan fingerprint density at radius 2 is 1.96 bits per heavy atom. The van der Waals surface area contributed by atoms with Crippen molar-refractivity contribution in [2.24, 2.45) is 0 Å². The van der Waals surface area contributed by atoms with Gasteiger partial charge in [-0.05, 0) is 17.7 Å². The lowest BCUT2D eigenvalue weighted by molar-refractivity contribution is -0.274. The minimum absolute atomic E-state index is 0.212. The molecular formula is C16H17F3N2O4. The standard InChI is InChI=1S/C16H17F3N2O4/c17-16(18,19)24-13-3-1-11(2-4-13)7-20-15(9-23-10-15)6-12-5-14(8-22)25-21-12/h1-5,20,22H,6-10H2. The van der Waals surface area contributed by atoms with Crippen molar-refractivity contribution in [1.29, 1.82) is 0 Å². The molecule has 1 saturated heterocycles. The summed E-state index contributed by atoms with van der Waals surface area (Å²) in [6.45, 7) is 1.23. The third kappa shape index (κ3) is 4.71. The highest BCUT2D eigenvalue weighted by Crippen LogP contribution is 2.25. The number of nitrogens with one attached hydrogen (secondary N) is 1. The Labute approximate surface area is 141 Å². The van der Waals surface area contributed by atoms with Crippen molar-refractivity contribution in [3.63, 3.8) is 0 Å². The molecule has 1 aromatic carbocycles. The maximum absolute atomic E-state index is 12.2. The average molecular weight is 358 g/mol. The monoisotopic (exact) mass is 358 g/mol. The Morgan fingerprint density at radius 3 is 2.48 bits per heavy atom. The lowest BCUT2D eigenvalue weighted by Gasteiger charge is -2.42. The number of nitrogens with zero attached hydrogens (tertiary/aromatic N) is 1. The molecule has 1 aromatic heterocycles. The van der Waals surface area contributed by atoms with Gasteiger partial charge in [0.2, 0.25) is 0 Å². The van der Waals surface area contributed by atoms with E-state index in [9.17, 15) is 13.2 Å². The Hall–Kier alpha value is -2.10. The van der Waals surface area contributed by atoms with Crippen LogP contribution in [0.1, 0.15) is 17.0 Å². The zero-order valence-electron chi connectivity index (χ0n) is 13.2. The molecule has 9 heteroatoms. The van der Waals surface area contributed by atoms with Gasteiger partial charge in [-0.3, -0.25) is 0 Å². The summed E-state index contributed by atoms with van der Waals surface area (Å²) in [7, 11) is 0. The van der Waals surface area contributed by atoms with Gasteiger partial charge in [0, 0.05) is 19.0 Å². The van der Waals surface area contributed by atoms with Gasteiger partial charge in [0.1, 0.15) is 12.4 Å². The average Bonchev–Trinajstić information content (AvgIpc) is 2.97. The SMILES string of the molecule is OCc1cc(CC2(NCc3ccc(OC(F)(F)F)cc3)COC2)no1. The van der Waals surface area contributed by atoms with E-state index in [2.05, 4.69) is 15.2 Å². The fraction of sp³-hybridized carbons (Fsp3) is 0.438. The molecule has 0 bridgehead atoms. The zero-order chi connectivity index (χ0) is 17.9. The summed E-state index contributed by atoms with van der Waals surface area (Å²) in [6.07, 6.45) is -4.14. The highest BCUT2D eigenvalue weighted by molar-refractivity contribution is 5.27. The van der Waals surface area contributed by atoms with Crippen LogP contribution in [0.3, 0.4) is 0 Å². The predicted molar refractivity (Wildman–Crippen MR) is 79.6 cm³/mol. The zero-order valence-corrected chi connectivity index (χ0v) is 13.2. The fourth-order valence-corrected chi connectivity index (χ4v) is 2.57. The smallest absolute Gasteiger partial charge is 0.406 e. The number of aromatic nitrogens is 1. The normalized spacial score (nSPS) is 16.5. The van der Waals surface area contributed by atoms with Crippen LogP contribution in [0.4, 0.5) is 13.2 Å². The Bertz CT molecular complexity index is 696. The molecule has 25 heavy (non-hydrogen) atoms. The Balaban J connectivity index is 1.57. The van der Waals surface area contributed by atoms with E-state index in [4.69, 9.17) is 14.4 Å². The van der Waals surface area contributed by atoms with Crippen molar-refractivity contribution in [2.45, 2.75) is 31.5 Å². The molecule has 0 saturated carbocycles. The second-order valence-electron chi connectivity index (χ2n) is 5.94. The molecule has 2 N–H and O–H groups in total. The molecule has 0 amide bonds. The molecule has 136 valence electrons. The maximum atomic E-state index is 12.2. The van der Waals surface area contributed by atoms with Gasteiger partial charge in [0.15, 0.2) is 5.76 Å². The molecule has 3 rings (SSSR count). The third-order valence-electron chi connectivity index (χ3n) is 3.86. The maximum Gasteiger partial charge on any atom is 0.573 e. The highest BCUT2D eigenvalue weighted by atomic mass is 19.4. The fourth-order valence-electron chi connectivity index (χ4n) is 2.57. The van der Waals surface area contributed by atoms with Crippen molar-refractivity contribution in [2.75, 3.05) is 13.2 Å². The lowest BCUT2D eigenvalue weighted by atomic mass is 9.91. The van der Waals surface area contributed by atoms with Gasteiger partial charge < -0.3 is 24.4 Å². The number of halogens is 3. The minimum Gasteiger partial charge on any atom is -0.406 e. The van der Waals surface area contributed by atoms with Crippen molar-refractivity contribution < 1.29 is 32.3 Å². The van der Waals surface area contributed by atoms with Gasteiger partial charge >= 0.3 is 6.36 Å². The molecular weight excluding hydrogens is 341 g/mol. The van der Waals surface area contributed by atoms with E-state index in [1.165, 1.54) is 12.1 Å². The summed E-state index contributed by atoms with van der Waals surface area (Å²) in [4.78, 5) is 0. The third-order valence-corrected chi connectivity index (χ3v) is 3.86. The highest BCUT2D eigenvalue weighted by Gasteiger charge is 2.39. The number of aliphatic hydroxyl groups is 1.